The van der Waals surface area contributed by atoms with Crippen LogP contribution in [-0.2, 0) is 23.7 Å². The van der Waals surface area contributed by atoms with E-state index >= 15 is 0 Å². The molecule has 0 aromatic carbocycles. The normalized spacial score (nSPS) is 20.9. The standard InChI is InChI=1S/C47H86O9/c1-3-5-7-9-11-13-15-17-18-19-20-21-22-23-25-27-29-31-33-35-37-53-39-41(40-54-47-46(52)45(51)44(50)42(38-48)56-47)55-43(49)36-34-32-30-28-26-24-16-14-12-10-8-6-4-2/h11,13-14,16-18,41-42,44-48,50-52H,3-10,12,15,19-40H2,1-2H3/b13-11-,16-14-,18-17-. The monoisotopic (exact) mass is 795 g/mol. The summed E-state index contributed by atoms with van der Waals surface area (Å²) >= 11 is 0. The second kappa shape index (κ2) is 38.9. The van der Waals surface area contributed by atoms with E-state index in [0.29, 0.717) is 13.0 Å². The number of hydrogen-bond acceptors (Lipinski definition) is 9. The van der Waals surface area contributed by atoms with Crippen molar-refractivity contribution in [3.63, 3.8) is 0 Å². The summed E-state index contributed by atoms with van der Waals surface area (Å²) in [4.78, 5) is 12.8. The van der Waals surface area contributed by atoms with E-state index in [1.165, 1.54) is 122 Å². The Morgan fingerprint density at radius 1 is 0.571 bits per heavy atom. The van der Waals surface area contributed by atoms with E-state index in [-0.39, 0.29) is 19.2 Å². The molecule has 1 saturated heterocycles. The molecule has 0 aliphatic carbocycles. The van der Waals surface area contributed by atoms with E-state index in [1.54, 1.807) is 0 Å². The van der Waals surface area contributed by atoms with Crippen molar-refractivity contribution in [3.8, 4) is 0 Å². The van der Waals surface area contributed by atoms with Crippen LogP contribution in [0.25, 0.3) is 0 Å². The summed E-state index contributed by atoms with van der Waals surface area (Å²) in [5, 5.41) is 40.1. The molecule has 1 rings (SSSR count). The lowest BCUT2D eigenvalue weighted by atomic mass is 9.99. The fourth-order valence-electron chi connectivity index (χ4n) is 6.87. The van der Waals surface area contributed by atoms with E-state index in [4.69, 9.17) is 18.9 Å². The highest BCUT2D eigenvalue weighted by molar-refractivity contribution is 5.69. The number of carbonyl (C=O) groups excluding carboxylic acids is 1. The molecule has 0 aromatic rings. The number of allylic oxidation sites excluding steroid dienone is 6. The van der Waals surface area contributed by atoms with Gasteiger partial charge < -0.3 is 39.4 Å². The fourth-order valence-corrected chi connectivity index (χ4v) is 6.87. The number of hydrogen-bond donors (Lipinski definition) is 4. The Balaban J connectivity index is 2.24. The van der Waals surface area contributed by atoms with E-state index < -0.39 is 43.4 Å². The molecule has 6 unspecified atom stereocenters. The molecule has 1 aliphatic heterocycles. The number of aliphatic hydroxyl groups excluding tert-OH is 4. The molecule has 1 aliphatic rings. The molecular weight excluding hydrogens is 709 g/mol. The molecule has 0 spiro atoms. The number of aliphatic hydroxyl groups is 4. The van der Waals surface area contributed by atoms with Crippen LogP contribution in [0.1, 0.15) is 194 Å². The van der Waals surface area contributed by atoms with Crippen molar-refractivity contribution in [2.75, 3.05) is 26.4 Å². The number of carbonyl (C=O) groups is 1. The van der Waals surface area contributed by atoms with Crippen molar-refractivity contribution < 1.29 is 44.2 Å². The Labute approximate surface area is 342 Å². The molecule has 1 fully saturated rings. The Morgan fingerprint density at radius 2 is 1.04 bits per heavy atom. The molecule has 9 nitrogen and oxygen atoms in total. The lowest BCUT2D eigenvalue weighted by Crippen LogP contribution is -2.59. The quantitative estimate of drug-likeness (QED) is 0.0272. The molecule has 9 heteroatoms. The number of unbranched alkanes of at least 4 members (excludes halogenated alkanes) is 22. The maximum atomic E-state index is 12.8. The average Bonchev–Trinajstić information content (AvgIpc) is 3.20. The number of esters is 1. The van der Waals surface area contributed by atoms with Gasteiger partial charge in [0.05, 0.1) is 19.8 Å². The van der Waals surface area contributed by atoms with E-state index in [9.17, 15) is 25.2 Å². The SMILES string of the molecule is CCCCC/C=C\C/C=C\CCCCCCCCCCCCOCC(COC1OC(CO)C(O)C(O)C1O)OC(=O)CCCCCCC/C=C\CCCCCC. The van der Waals surface area contributed by atoms with Crippen LogP contribution in [0.15, 0.2) is 36.5 Å². The summed E-state index contributed by atoms with van der Waals surface area (Å²) in [6, 6.07) is 0. The van der Waals surface area contributed by atoms with Crippen LogP contribution in [0.5, 0.6) is 0 Å². The molecule has 328 valence electrons. The van der Waals surface area contributed by atoms with Gasteiger partial charge in [-0.3, -0.25) is 4.79 Å². The van der Waals surface area contributed by atoms with Gasteiger partial charge in [0.1, 0.15) is 30.5 Å². The maximum Gasteiger partial charge on any atom is 0.306 e. The van der Waals surface area contributed by atoms with Gasteiger partial charge in [-0.05, 0) is 70.6 Å². The highest BCUT2D eigenvalue weighted by Gasteiger charge is 2.44. The molecule has 0 aromatic heterocycles. The third kappa shape index (κ3) is 29.6. The first-order valence-corrected chi connectivity index (χ1v) is 23.1. The lowest BCUT2D eigenvalue weighted by molar-refractivity contribution is -0.305. The molecule has 0 bridgehead atoms. The average molecular weight is 795 g/mol. The third-order valence-electron chi connectivity index (χ3n) is 10.5. The van der Waals surface area contributed by atoms with Crippen LogP contribution >= 0.6 is 0 Å². The summed E-state index contributed by atoms with van der Waals surface area (Å²) in [7, 11) is 0. The number of ether oxygens (including phenoxy) is 4. The summed E-state index contributed by atoms with van der Waals surface area (Å²) in [6.45, 7) is 4.51. The van der Waals surface area contributed by atoms with Crippen LogP contribution < -0.4 is 0 Å². The van der Waals surface area contributed by atoms with Crippen LogP contribution in [-0.4, -0.2) is 89.6 Å². The van der Waals surface area contributed by atoms with Crippen molar-refractivity contribution >= 4 is 5.97 Å². The van der Waals surface area contributed by atoms with Gasteiger partial charge in [-0.2, -0.15) is 0 Å². The minimum atomic E-state index is -1.54. The zero-order valence-electron chi connectivity index (χ0n) is 35.9. The molecule has 0 saturated carbocycles. The summed E-state index contributed by atoms with van der Waals surface area (Å²) in [5.41, 5.74) is 0. The summed E-state index contributed by atoms with van der Waals surface area (Å²) < 4.78 is 22.8. The van der Waals surface area contributed by atoms with Crippen molar-refractivity contribution in [2.24, 2.45) is 0 Å². The molecular formula is C47H86O9. The van der Waals surface area contributed by atoms with E-state index in [1.807, 2.05) is 0 Å². The third-order valence-corrected chi connectivity index (χ3v) is 10.5. The predicted molar refractivity (Wildman–Crippen MR) is 228 cm³/mol. The summed E-state index contributed by atoms with van der Waals surface area (Å²) in [6.07, 6.45) is 38.8. The minimum absolute atomic E-state index is 0.117. The van der Waals surface area contributed by atoms with Crippen LogP contribution in [0.3, 0.4) is 0 Å². The molecule has 4 N–H and O–H groups in total. The molecule has 6 atom stereocenters. The van der Waals surface area contributed by atoms with Gasteiger partial charge in [0.2, 0.25) is 0 Å². The topological polar surface area (TPSA) is 135 Å². The highest BCUT2D eigenvalue weighted by atomic mass is 16.7. The second-order valence-electron chi connectivity index (χ2n) is 15.8. The molecule has 0 amide bonds. The van der Waals surface area contributed by atoms with E-state index in [0.717, 1.165) is 51.4 Å². The van der Waals surface area contributed by atoms with Crippen molar-refractivity contribution in [1.29, 1.82) is 0 Å². The van der Waals surface area contributed by atoms with Crippen molar-refractivity contribution in [3.05, 3.63) is 36.5 Å². The van der Waals surface area contributed by atoms with Gasteiger partial charge in [0.15, 0.2) is 6.29 Å². The number of rotatable bonds is 39. The smallest absolute Gasteiger partial charge is 0.306 e. The van der Waals surface area contributed by atoms with Gasteiger partial charge >= 0.3 is 5.97 Å². The molecule has 56 heavy (non-hydrogen) atoms. The van der Waals surface area contributed by atoms with Crippen LogP contribution in [0.4, 0.5) is 0 Å². The first-order valence-electron chi connectivity index (χ1n) is 23.1. The Morgan fingerprint density at radius 3 is 1.59 bits per heavy atom. The Bertz CT molecular complexity index is 952. The second-order valence-corrected chi connectivity index (χ2v) is 15.8. The Kier molecular flexibility index (Phi) is 36.4. The zero-order chi connectivity index (χ0) is 40.7. The largest absolute Gasteiger partial charge is 0.457 e. The summed E-state index contributed by atoms with van der Waals surface area (Å²) in [5.74, 6) is -0.324. The maximum absolute atomic E-state index is 12.8. The van der Waals surface area contributed by atoms with Crippen molar-refractivity contribution in [1.82, 2.24) is 0 Å². The van der Waals surface area contributed by atoms with Gasteiger partial charge in [-0.1, -0.05) is 153 Å². The van der Waals surface area contributed by atoms with Gasteiger partial charge in [0.25, 0.3) is 0 Å². The zero-order valence-corrected chi connectivity index (χ0v) is 35.9. The highest BCUT2D eigenvalue weighted by Crippen LogP contribution is 2.22. The lowest BCUT2D eigenvalue weighted by Gasteiger charge is -2.39. The fraction of sp³-hybridized carbons (Fsp3) is 0.851. The van der Waals surface area contributed by atoms with Crippen molar-refractivity contribution in [2.45, 2.75) is 230 Å². The molecule has 0 radical (unpaired) electrons. The Hall–Kier alpha value is -1.59. The minimum Gasteiger partial charge on any atom is -0.457 e. The first kappa shape index (κ1) is 52.4. The first-order chi connectivity index (χ1) is 27.4. The van der Waals surface area contributed by atoms with Gasteiger partial charge in [-0.15, -0.1) is 0 Å². The van der Waals surface area contributed by atoms with E-state index in [2.05, 4.69) is 50.3 Å². The van der Waals surface area contributed by atoms with Crippen LogP contribution in [0.2, 0.25) is 0 Å². The predicted octanol–water partition coefficient (Wildman–Crippen LogP) is 10.4. The van der Waals surface area contributed by atoms with Gasteiger partial charge in [0, 0.05) is 13.0 Å². The van der Waals surface area contributed by atoms with Crippen LogP contribution in [0, 0.1) is 0 Å². The molecule has 1 heterocycles. The van der Waals surface area contributed by atoms with Gasteiger partial charge in [-0.25, -0.2) is 0 Å².